The Morgan fingerprint density at radius 1 is 1.29 bits per heavy atom. The maximum atomic E-state index is 14.5. The summed E-state index contributed by atoms with van der Waals surface area (Å²) >= 11 is 0. The summed E-state index contributed by atoms with van der Waals surface area (Å²) in [5, 5.41) is 2.48. The number of rotatable bonds is 4. The lowest BCUT2D eigenvalue weighted by molar-refractivity contribution is -0.140. The molecule has 162 valence electrons. The molecule has 3 aromatic rings. The summed E-state index contributed by atoms with van der Waals surface area (Å²) in [5.74, 6) is -2.10. The SMILES string of the molecule is COc1nc(C(=O)NC2COc3ccc(C(F)(F)F)c(F)c32)ccc1-n1cnc(C)c1. The molecule has 0 bridgehead atoms. The van der Waals surface area contributed by atoms with E-state index in [1.54, 1.807) is 23.2 Å². The van der Waals surface area contributed by atoms with Gasteiger partial charge >= 0.3 is 6.18 Å². The van der Waals surface area contributed by atoms with Crippen molar-refractivity contribution < 1.29 is 31.8 Å². The topological polar surface area (TPSA) is 78.3 Å². The number of ether oxygens (including phenoxy) is 2. The number of carbonyl (C=O) groups is 1. The molecule has 0 saturated carbocycles. The first kappa shape index (κ1) is 20.6. The third-order valence-electron chi connectivity index (χ3n) is 4.76. The van der Waals surface area contributed by atoms with E-state index < -0.39 is 29.5 Å². The Morgan fingerprint density at radius 3 is 2.71 bits per heavy atom. The first-order chi connectivity index (χ1) is 14.7. The number of aromatic nitrogens is 3. The number of nitrogens with zero attached hydrogens (tertiary/aromatic N) is 3. The molecule has 2 aromatic heterocycles. The Labute approximate surface area is 173 Å². The number of hydrogen-bond donors (Lipinski definition) is 1. The van der Waals surface area contributed by atoms with Crippen LogP contribution >= 0.6 is 0 Å². The number of benzene rings is 1. The lowest BCUT2D eigenvalue weighted by Crippen LogP contribution is -2.31. The van der Waals surface area contributed by atoms with E-state index in [2.05, 4.69) is 15.3 Å². The molecule has 3 heterocycles. The summed E-state index contributed by atoms with van der Waals surface area (Å²) in [5.41, 5.74) is -0.520. The molecule has 0 radical (unpaired) electrons. The number of nitrogens with one attached hydrogen (secondary N) is 1. The Morgan fingerprint density at radius 2 is 2.06 bits per heavy atom. The molecular weight excluding hydrogens is 420 g/mol. The molecule has 11 heteroatoms. The molecule has 0 aliphatic carbocycles. The Kier molecular flexibility index (Phi) is 5.03. The minimum Gasteiger partial charge on any atom is -0.491 e. The van der Waals surface area contributed by atoms with Gasteiger partial charge in [0.15, 0.2) is 0 Å². The molecule has 0 saturated heterocycles. The van der Waals surface area contributed by atoms with Crippen LogP contribution in [-0.4, -0.2) is 34.2 Å². The van der Waals surface area contributed by atoms with E-state index in [-0.39, 0.29) is 29.5 Å². The fourth-order valence-corrected chi connectivity index (χ4v) is 3.31. The number of hydrogen-bond acceptors (Lipinski definition) is 5. The highest BCUT2D eigenvalue weighted by molar-refractivity contribution is 5.93. The van der Waals surface area contributed by atoms with Gasteiger partial charge in [0.25, 0.3) is 5.91 Å². The highest BCUT2D eigenvalue weighted by Crippen LogP contribution is 2.41. The van der Waals surface area contributed by atoms with E-state index in [4.69, 9.17) is 9.47 Å². The number of fused-ring (bicyclic) bond motifs is 1. The van der Waals surface area contributed by atoms with Crippen LogP contribution in [0.15, 0.2) is 36.8 Å². The van der Waals surface area contributed by atoms with Crippen LogP contribution in [0.5, 0.6) is 11.6 Å². The molecule has 0 fully saturated rings. The highest BCUT2D eigenvalue weighted by Gasteiger charge is 2.39. The summed E-state index contributed by atoms with van der Waals surface area (Å²) < 4.78 is 65.8. The minimum absolute atomic E-state index is 0.0489. The predicted molar refractivity (Wildman–Crippen MR) is 99.8 cm³/mol. The average molecular weight is 436 g/mol. The van der Waals surface area contributed by atoms with E-state index in [0.29, 0.717) is 11.8 Å². The summed E-state index contributed by atoms with van der Waals surface area (Å²) in [6.07, 6.45) is -1.57. The summed E-state index contributed by atoms with van der Waals surface area (Å²) in [6, 6.07) is 3.55. The number of amides is 1. The number of pyridine rings is 1. The van der Waals surface area contributed by atoms with Crippen LogP contribution in [0, 0.1) is 12.7 Å². The first-order valence-corrected chi connectivity index (χ1v) is 9.08. The summed E-state index contributed by atoms with van der Waals surface area (Å²) in [4.78, 5) is 21.0. The van der Waals surface area contributed by atoms with Crippen molar-refractivity contribution in [2.45, 2.75) is 19.1 Å². The lowest BCUT2D eigenvalue weighted by atomic mass is 10.0. The standard InChI is InChI=1S/C20H16F4N4O3/c1-10-7-28(9-25-10)14-5-4-12(27-19(14)30-2)18(29)26-13-8-31-15-6-3-11(20(22,23)24)17(21)16(13)15/h3-7,9,13H,8H2,1-2H3,(H,26,29). The quantitative estimate of drug-likeness (QED) is 0.633. The third kappa shape index (κ3) is 3.78. The largest absolute Gasteiger partial charge is 0.491 e. The van der Waals surface area contributed by atoms with Crippen molar-refractivity contribution in [2.24, 2.45) is 0 Å². The first-order valence-electron chi connectivity index (χ1n) is 9.08. The molecule has 1 aromatic carbocycles. The molecule has 1 unspecified atom stereocenters. The number of imidazole rings is 1. The molecule has 1 amide bonds. The second-order valence-electron chi connectivity index (χ2n) is 6.82. The van der Waals surface area contributed by atoms with E-state index in [1.807, 2.05) is 6.92 Å². The van der Waals surface area contributed by atoms with Gasteiger partial charge in [-0.1, -0.05) is 0 Å². The monoisotopic (exact) mass is 436 g/mol. The number of halogens is 4. The molecule has 0 spiro atoms. The van der Waals surface area contributed by atoms with E-state index in [0.717, 1.165) is 11.8 Å². The van der Waals surface area contributed by atoms with E-state index >= 15 is 0 Å². The van der Waals surface area contributed by atoms with Crippen molar-refractivity contribution in [2.75, 3.05) is 13.7 Å². The van der Waals surface area contributed by atoms with Crippen molar-refractivity contribution in [3.8, 4) is 17.3 Å². The normalized spacial score (nSPS) is 15.4. The molecular formula is C20H16F4N4O3. The number of methoxy groups -OCH3 is 1. The Hall–Kier alpha value is -3.63. The molecule has 4 rings (SSSR count). The van der Waals surface area contributed by atoms with E-state index in [9.17, 15) is 22.4 Å². The maximum Gasteiger partial charge on any atom is 0.419 e. The second kappa shape index (κ2) is 7.56. The lowest BCUT2D eigenvalue weighted by Gasteiger charge is -2.15. The van der Waals surface area contributed by atoms with Crippen molar-refractivity contribution in [3.63, 3.8) is 0 Å². The van der Waals surface area contributed by atoms with Crippen LogP contribution in [0.2, 0.25) is 0 Å². The van der Waals surface area contributed by atoms with Crippen molar-refractivity contribution in [1.82, 2.24) is 19.9 Å². The van der Waals surface area contributed by atoms with Crippen LogP contribution in [0.3, 0.4) is 0 Å². The van der Waals surface area contributed by atoms with Crippen LogP contribution in [0.4, 0.5) is 17.6 Å². The summed E-state index contributed by atoms with van der Waals surface area (Å²) in [6.45, 7) is 1.60. The van der Waals surface area contributed by atoms with Crippen LogP contribution < -0.4 is 14.8 Å². The van der Waals surface area contributed by atoms with Gasteiger partial charge in [0.05, 0.1) is 36.3 Å². The average Bonchev–Trinajstić information content (AvgIpc) is 3.33. The fourth-order valence-electron chi connectivity index (χ4n) is 3.31. The molecule has 1 aliphatic rings. The van der Waals surface area contributed by atoms with Gasteiger partial charge in [-0.3, -0.25) is 4.79 Å². The van der Waals surface area contributed by atoms with Gasteiger partial charge in [-0.2, -0.15) is 13.2 Å². The Balaban J connectivity index is 1.61. The molecule has 1 atom stereocenters. The second-order valence-corrected chi connectivity index (χ2v) is 6.82. The third-order valence-corrected chi connectivity index (χ3v) is 4.76. The number of aryl methyl sites for hydroxylation is 1. The van der Waals surface area contributed by atoms with Crippen LogP contribution in [-0.2, 0) is 6.18 Å². The number of carbonyl (C=O) groups excluding carboxylic acids is 1. The van der Waals surface area contributed by atoms with Crippen LogP contribution in [0.25, 0.3) is 5.69 Å². The molecule has 1 aliphatic heterocycles. The van der Waals surface area contributed by atoms with Crippen molar-refractivity contribution in [1.29, 1.82) is 0 Å². The van der Waals surface area contributed by atoms with E-state index in [1.165, 1.54) is 13.2 Å². The maximum absolute atomic E-state index is 14.5. The minimum atomic E-state index is -4.87. The smallest absolute Gasteiger partial charge is 0.419 e. The molecule has 7 nitrogen and oxygen atoms in total. The van der Waals surface area contributed by atoms with Crippen molar-refractivity contribution in [3.05, 3.63) is 65.1 Å². The van der Waals surface area contributed by atoms with Crippen molar-refractivity contribution >= 4 is 5.91 Å². The number of alkyl halides is 3. The summed E-state index contributed by atoms with van der Waals surface area (Å²) in [7, 11) is 1.38. The van der Waals surface area contributed by atoms with Crippen LogP contribution in [0.1, 0.15) is 33.4 Å². The molecule has 1 N–H and O–H groups in total. The van der Waals surface area contributed by atoms with Gasteiger partial charge in [-0.25, -0.2) is 14.4 Å². The zero-order valence-corrected chi connectivity index (χ0v) is 16.3. The van der Waals surface area contributed by atoms with Gasteiger partial charge < -0.3 is 19.4 Å². The van der Waals surface area contributed by atoms with Gasteiger partial charge in [0.2, 0.25) is 5.88 Å². The van der Waals surface area contributed by atoms with Gasteiger partial charge in [-0.05, 0) is 31.2 Å². The Bertz CT molecular complexity index is 1160. The van der Waals surface area contributed by atoms with Gasteiger partial charge in [0, 0.05) is 6.20 Å². The highest BCUT2D eigenvalue weighted by atomic mass is 19.4. The zero-order valence-electron chi connectivity index (χ0n) is 16.3. The zero-order chi connectivity index (χ0) is 22.3. The fraction of sp³-hybridized carbons (Fsp3) is 0.250. The van der Waals surface area contributed by atoms with Gasteiger partial charge in [-0.15, -0.1) is 0 Å². The molecule has 31 heavy (non-hydrogen) atoms. The van der Waals surface area contributed by atoms with Gasteiger partial charge in [0.1, 0.15) is 29.6 Å². The predicted octanol–water partition coefficient (Wildman–Crippen LogP) is 3.61.